The van der Waals surface area contributed by atoms with Crippen LogP contribution in [0.25, 0.3) is 32.7 Å². The molecule has 0 aliphatic rings. The Kier molecular flexibility index (Phi) is 17.3. The van der Waals surface area contributed by atoms with E-state index in [2.05, 4.69) is 46.9 Å². The number of anilines is 3. The molecule has 0 spiro atoms. The number of benzene rings is 6. The summed E-state index contributed by atoms with van der Waals surface area (Å²) in [7, 11) is 0. The SMILES string of the molecule is NC(=O)C[C@H](NC(=O)Cc1c[nH]c2ccccc12)C(=O)Nc1ccc(C(c2ccc(NC(=O)[C@H](CC(N)=O)NC(=O)Cc3c[nH]c4ccccc34)cc2)c2ccc(NC(=O)[C@H](CC(N)=O)NC(=O)Cc3c[nH]c4ccccc34)cc2)cc1. The summed E-state index contributed by atoms with van der Waals surface area (Å²) < 4.78 is 0. The maximum Gasteiger partial charge on any atom is 0.247 e. The van der Waals surface area contributed by atoms with E-state index < -0.39 is 96.5 Å². The average Bonchev–Trinajstić information content (AvgIpc) is 4.20. The maximum atomic E-state index is 13.7. The van der Waals surface area contributed by atoms with Crippen molar-refractivity contribution < 1.29 is 43.2 Å². The first-order valence-corrected chi connectivity index (χ1v) is 26.1. The van der Waals surface area contributed by atoms with E-state index in [-0.39, 0.29) is 19.3 Å². The Morgan fingerprint density at radius 3 is 0.866 bits per heavy atom. The number of H-pyrrole nitrogens is 3. The molecule has 82 heavy (non-hydrogen) atoms. The van der Waals surface area contributed by atoms with Crippen molar-refractivity contribution >= 4 is 103 Å². The number of carbonyl (C=O) groups excluding carboxylic acids is 9. The van der Waals surface area contributed by atoms with Crippen molar-refractivity contribution in [2.75, 3.05) is 16.0 Å². The van der Waals surface area contributed by atoms with Gasteiger partial charge in [0.1, 0.15) is 18.1 Å². The fourth-order valence-electron chi connectivity index (χ4n) is 9.86. The first-order valence-electron chi connectivity index (χ1n) is 26.1. The summed E-state index contributed by atoms with van der Waals surface area (Å²) in [6.45, 7) is 0. The zero-order chi connectivity index (χ0) is 57.9. The van der Waals surface area contributed by atoms with Crippen LogP contribution in [0.1, 0.15) is 58.6 Å². The molecule has 0 aliphatic carbocycles. The van der Waals surface area contributed by atoms with E-state index in [1.165, 1.54) is 0 Å². The molecule has 0 saturated carbocycles. The van der Waals surface area contributed by atoms with Crippen molar-refractivity contribution in [3.8, 4) is 0 Å². The predicted octanol–water partition coefficient (Wildman–Crippen LogP) is 4.93. The molecule has 0 unspecified atom stereocenters. The van der Waals surface area contributed by atoms with Crippen LogP contribution < -0.4 is 49.1 Å². The Morgan fingerprint density at radius 1 is 0.354 bits per heavy atom. The average molecular weight is 1100 g/mol. The molecule has 416 valence electrons. The van der Waals surface area contributed by atoms with E-state index in [1.807, 2.05) is 72.8 Å². The lowest BCUT2D eigenvalue weighted by molar-refractivity contribution is -0.128. The molecule has 9 rings (SSSR count). The highest BCUT2D eigenvalue weighted by Gasteiger charge is 2.28. The van der Waals surface area contributed by atoms with Gasteiger partial charge in [-0.3, -0.25) is 43.2 Å². The van der Waals surface area contributed by atoms with Crippen LogP contribution in [0.5, 0.6) is 0 Å². The number of primary amides is 3. The Balaban J connectivity index is 0.923. The summed E-state index contributed by atoms with van der Waals surface area (Å²) in [5, 5.41) is 18.8. The van der Waals surface area contributed by atoms with Crippen molar-refractivity contribution in [3.05, 3.63) is 198 Å². The lowest BCUT2D eigenvalue weighted by Crippen LogP contribution is -2.46. The van der Waals surface area contributed by atoms with Gasteiger partial charge < -0.3 is 64.1 Å². The molecule has 3 aromatic heterocycles. The first kappa shape index (κ1) is 55.9. The molecule has 9 amide bonds. The third kappa shape index (κ3) is 14.1. The van der Waals surface area contributed by atoms with Gasteiger partial charge >= 0.3 is 0 Å². The summed E-state index contributed by atoms with van der Waals surface area (Å²) in [6.07, 6.45) is 3.56. The second-order valence-corrected chi connectivity index (χ2v) is 19.7. The Morgan fingerprint density at radius 2 is 0.610 bits per heavy atom. The highest BCUT2D eigenvalue weighted by atomic mass is 16.2. The maximum absolute atomic E-state index is 13.7. The Hall–Kier alpha value is -10.8. The van der Waals surface area contributed by atoms with Crippen LogP contribution in [-0.2, 0) is 62.4 Å². The number of aromatic nitrogens is 3. The molecular weight excluding hydrogens is 1040 g/mol. The molecular formula is C61H58N12O9. The quantitative estimate of drug-likeness (QED) is 0.0364. The number of carbonyl (C=O) groups is 9. The van der Waals surface area contributed by atoms with Crippen LogP contribution in [0.15, 0.2) is 164 Å². The number of nitrogens with two attached hydrogens (primary N) is 3. The number of amides is 9. The monoisotopic (exact) mass is 1100 g/mol. The molecule has 15 N–H and O–H groups in total. The molecule has 21 heteroatoms. The fraction of sp³-hybridized carbons (Fsp3) is 0.164. The van der Waals surface area contributed by atoms with Gasteiger partial charge in [0.25, 0.3) is 0 Å². The molecule has 0 fully saturated rings. The van der Waals surface area contributed by atoms with Gasteiger partial charge in [-0.25, -0.2) is 0 Å². The van der Waals surface area contributed by atoms with E-state index in [0.29, 0.717) is 50.4 Å². The van der Waals surface area contributed by atoms with Gasteiger partial charge in [-0.05, 0) is 88.0 Å². The number of nitrogens with one attached hydrogen (secondary N) is 9. The summed E-state index contributed by atoms with van der Waals surface area (Å²) in [5.74, 6) is -6.45. The van der Waals surface area contributed by atoms with Crippen LogP contribution in [0.4, 0.5) is 17.1 Å². The van der Waals surface area contributed by atoms with Crippen molar-refractivity contribution in [1.29, 1.82) is 0 Å². The zero-order valence-electron chi connectivity index (χ0n) is 44.0. The van der Waals surface area contributed by atoms with Gasteiger partial charge in [-0.15, -0.1) is 0 Å². The topological polar surface area (TPSA) is 351 Å². The van der Waals surface area contributed by atoms with Gasteiger partial charge in [-0.1, -0.05) is 91.0 Å². The standard InChI is InChI=1S/C61H58N12O9/c62-52(74)28-49(71-55(77)25-37-31-65-46-10-4-1-7-43(37)46)59(80)68-40-19-13-34(14-20-40)58(35-15-21-41(22-16-35)69-60(81)50(29-53(63)75)72-56(78)26-38-32-66-47-11-5-2-8-44(38)47)36-17-23-42(24-18-36)70-61(82)51(30-54(64)76)73-57(79)27-39-33-67-48-12-6-3-9-45(39)48/h1-24,31-33,49-51,58,65-67H,25-30H2,(H2,62,74)(H2,63,75)(H2,64,76)(H,68,80)(H,69,81)(H,70,82)(H,71,77)(H,72,78)(H,73,79)/t49-,50-,51-/m0/s1. The number of hydrogen-bond donors (Lipinski definition) is 12. The molecule has 3 heterocycles. The van der Waals surface area contributed by atoms with E-state index in [0.717, 1.165) is 32.7 Å². The third-order valence-corrected chi connectivity index (χ3v) is 13.8. The van der Waals surface area contributed by atoms with E-state index in [4.69, 9.17) is 17.2 Å². The summed E-state index contributed by atoms with van der Waals surface area (Å²) >= 11 is 0. The van der Waals surface area contributed by atoms with Gasteiger partial charge in [0.05, 0.1) is 38.5 Å². The molecule has 0 saturated heterocycles. The minimum absolute atomic E-state index is 0.0639. The largest absolute Gasteiger partial charge is 0.370 e. The summed E-state index contributed by atoms with van der Waals surface area (Å²) in [4.78, 5) is 127. The summed E-state index contributed by atoms with van der Waals surface area (Å²) in [5.41, 5.74) is 24.3. The summed E-state index contributed by atoms with van der Waals surface area (Å²) in [6, 6.07) is 39.0. The van der Waals surface area contributed by atoms with Crippen LogP contribution in [0, 0.1) is 0 Å². The highest BCUT2D eigenvalue weighted by Crippen LogP contribution is 2.34. The smallest absolute Gasteiger partial charge is 0.247 e. The normalized spacial score (nSPS) is 12.3. The van der Waals surface area contributed by atoms with Crippen LogP contribution >= 0.6 is 0 Å². The van der Waals surface area contributed by atoms with Crippen molar-refractivity contribution in [2.24, 2.45) is 17.2 Å². The Labute approximate surface area is 468 Å². The lowest BCUT2D eigenvalue weighted by Gasteiger charge is -2.22. The van der Waals surface area contributed by atoms with E-state index in [9.17, 15) is 43.2 Å². The third-order valence-electron chi connectivity index (χ3n) is 13.8. The van der Waals surface area contributed by atoms with Crippen LogP contribution in [-0.4, -0.2) is 86.2 Å². The first-order chi connectivity index (χ1) is 39.5. The van der Waals surface area contributed by atoms with Gasteiger partial charge in [0.2, 0.25) is 53.2 Å². The molecule has 0 bridgehead atoms. The molecule has 0 aliphatic heterocycles. The molecule has 6 aromatic carbocycles. The van der Waals surface area contributed by atoms with Crippen molar-refractivity contribution in [3.63, 3.8) is 0 Å². The predicted molar refractivity (Wildman–Crippen MR) is 309 cm³/mol. The number of aromatic amines is 3. The van der Waals surface area contributed by atoms with Crippen LogP contribution in [0.3, 0.4) is 0 Å². The van der Waals surface area contributed by atoms with Crippen LogP contribution in [0.2, 0.25) is 0 Å². The number of para-hydroxylation sites is 3. The Bertz CT molecular complexity index is 3470. The second-order valence-electron chi connectivity index (χ2n) is 19.7. The number of fused-ring (bicyclic) bond motifs is 3. The van der Waals surface area contributed by atoms with Crippen molar-refractivity contribution in [1.82, 2.24) is 30.9 Å². The minimum atomic E-state index is -1.29. The van der Waals surface area contributed by atoms with Crippen molar-refractivity contribution in [2.45, 2.75) is 62.6 Å². The minimum Gasteiger partial charge on any atom is -0.370 e. The molecule has 21 nitrogen and oxygen atoms in total. The second kappa shape index (κ2) is 25.3. The molecule has 3 atom stereocenters. The highest BCUT2D eigenvalue weighted by molar-refractivity contribution is 6.03. The molecule has 9 aromatic rings. The van der Waals surface area contributed by atoms with Gasteiger partial charge in [-0.2, -0.15) is 0 Å². The number of rotatable bonds is 24. The van der Waals surface area contributed by atoms with Gasteiger partial charge in [0, 0.05) is 74.3 Å². The lowest BCUT2D eigenvalue weighted by atomic mass is 9.85. The number of hydrogen-bond acceptors (Lipinski definition) is 9. The zero-order valence-corrected chi connectivity index (χ0v) is 44.0. The fourth-order valence-corrected chi connectivity index (χ4v) is 9.86. The molecule has 0 radical (unpaired) electrons. The van der Waals surface area contributed by atoms with E-state index >= 15 is 0 Å². The van der Waals surface area contributed by atoms with E-state index in [1.54, 1.807) is 91.4 Å². The van der Waals surface area contributed by atoms with Gasteiger partial charge in [0.15, 0.2) is 0 Å².